The second kappa shape index (κ2) is 7.32. The van der Waals surface area contributed by atoms with Gasteiger partial charge in [-0.2, -0.15) is 0 Å². The van der Waals surface area contributed by atoms with Crippen LogP contribution in [0.1, 0.15) is 28.8 Å². The molecule has 1 amide bonds. The van der Waals surface area contributed by atoms with Crippen molar-refractivity contribution in [3.63, 3.8) is 0 Å². The zero-order valence-electron chi connectivity index (χ0n) is 18.6. The molecule has 12 nitrogen and oxygen atoms in total. The van der Waals surface area contributed by atoms with Crippen LogP contribution in [0.5, 0.6) is 11.5 Å². The molecular formula is C22H25N3O9. The molecule has 0 aromatic heterocycles. The van der Waals surface area contributed by atoms with E-state index in [-0.39, 0.29) is 11.1 Å². The van der Waals surface area contributed by atoms with Gasteiger partial charge in [0.15, 0.2) is 40.4 Å². The number of aromatic hydroxyl groups is 2. The van der Waals surface area contributed by atoms with Crippen molar-refractivity contribution in [2.45, 2.75) is 30.6 Å². The molecular weight excluding hydrogens is 450 g/mol. The van der Waals surface area contributed by atoms with Crippen LogP contribution in [-0.4, -0.2) is 86.2 Å². The lowest BCUT2D eigenvalue weighted by atomic mass is 9.49. The van der Waals surface area contributed by atoms with Crippen LogP contribution in [0.25, 0.3) is 0 Å². The van der Waals surface area contributed by atoms with E-state index in [2.05, 4.69) is 0 Å². The van der Waals surface area contributed by atoms with E-state index in [0.29, 0.717) is 0 Å². The van der Waals surface area contributed by atoms with Gasteiger partial charge < -0.3 is 31.9 Å². The van der Waals surface area contributed by atoms with Gasteiger partial charge in [0.2, 0.25) is 5.91 Å². The van der Waals surface area contributed by atoms with Crippen LogP contribution >= 0.6 is 0 Å². The molecule has 8 N–H and O–H groups in total. The number of aliphatic hydroxyl groups excluding tert-OH is 1. The van der Waals surface area contributed by atoms with Crippen LogP contribution in [0.2, 0.25) is 0 Å². The second-order valence-corrected chi connectivity index (χ2v) is 9.49. The van der Waals surface area contributed by atoms with E-state index in [4.69, 9.17) is 11.5 Å². The summed E-state index contributed by atoms with van der Waals surface area (Å²) >= 11 is 0. The Balaban J connectivity index is 1.98. The molecule has 3 aliphatic carbocycles. The number of nitrogens with two attached hydrogens (primary N) is 2. The molecule has 12 heteroatoms. The summed E-state index contributed by atoms with van der Waals surface area (Å²) in [5.41, 5.74) is 7.05. The number of primary amides is 1. The van der Waals surface area contributed by atoms with Gasteiger partial charge in [0.25, 0.3) is 0 Å². The molecule has 0 spiro atoms. The van der Waals surface area contributed by atoms with Crippen LogP contribution in [-0.2, 0) is 19.2 Å². The quantitative estimate of drug-likeness (QED) is 0.151. The number of benzene rings is 1. The lowest BCUT2D eigenvalue weighted by Crippen LogP contribution is -2.77. The van der Waals surface area contributed by atoms with Crippen molar-refractivity contribution < 1.29 is 44.4 Å². The standard InChI is InChI=1S/C22H25N3O9/c1-5-6-4-7(26)13(23)17(29)9(6)15(27)10-8(5)16(28)12-14(25(2)3)18(30)11(21(24)33)20(32)22(12,34)19(10)31/h4-5,8,10-12,14,16,26,28-29,34H,23H2,1-3H3,(H2,24,33)/t5-,8+,10?,11?,12+,14-,16-,22-/m1/s1. The van der Waals surface area contributed by atoms with Gasteiger partial charge >= 0.3 is 0 Å². The fourth-order valence-corrected chi connectivity index (χ4v) is 6.05. The first-order valence-electron chi connectivity index (χ1n) is 10.6. The number of amides is 1. The fraction of sp³-hybridized carbons (Fsp3) is 0.500. The zero-order chi connectivity index (χ0) is 25.6. The van der Waals surface area contributed by atoms with E-state index >= 15 is 0 Å². The maximum absolute atomic E-state index is 13.7. The third kappa shape index (κ3) is 2.67. The SMILES string of the molecule is C[C@@H]1c2cc(O)c(N)c(O)c2C(=O)C2C(=O)[C@@]3(O)C(=O)C(C(N)=O)C(=O)[C@H](N(C)C)[C@H]3[C@H](O)[C@H]21. The van der Waals surface area contributed by atoms with Crippen molar-refractivity contribution in [2.75, 3.05) is 19.8 Å². The van der Waals surface area contributed by atoms with Crippen molar-refractivity contribution >= 4 is 34.7 Å². The molecule has 2 fully saturated rings. The Kier molecular flexibility index (Phi) is 5.13. The fourth-order valence-electron chi connectivity index (χ4n) is 6.05. The second-order valence-electron chi connectivity index (χ2n) is 9.49. The molecule has 0 aliphatic heterocycles. The van der Waals surface area contributed by atoms with Crippen molar-refractivity contribution in [1.29, 1.82) is 0 Å². The van der Waals surface area contributed by atoms with Crippen molar-refractivity contribution in [3.05, 3.63) is 17.2 Å². The number of fused-ring (bicyclic) bond motifs is 3. The highest BCUT2D eigenvalue weighted by atomic mass is 16.3. The Labute approximate surface area is 193 Å². The molecule has 0 heterocycles. The summed E-state index contributed by atoms with van der Waals surface area (Å²) in [6.45, 7) is 1.53. The first-order chi connectivity index (χ1) is 15.7. The third-order valence-electron chi connectivity index (χ3n) is 7.63. The molecule has 0 radical (unpaired) electrons. The molecule has 4 rings (SSSR count). The van der Waals surface area contributed by atoms with E-state index in [1.807, 2.05) is 0 Å². The number of rotatable bonds is 2. The van der Waals surface area contributed by atoms with Crippen LogP contribution in [0, 0.1) is 23.7 Å². The van der Waals surface area contributed by atoms with Gasteiger partial charge in [0.1, 0.15) is 11.4 Å². The van der Waals surface area contributed by atoms with Gasteiger partial charge in [-0.05, 0) is 31.6 Å². The van der Waals surface area contributed by atoms with Crippen LogP contribution in [0.15, 0.2) is 6.07 Å². The summed E-state index contributed by atoms with van der Waals surface area (Å²) in [4.78, 5) is 66.6. The van der Waals surface area contributed by atoms with E-state index in [0.717, 1.165) is 6.07 Å². The molecule has 2 unspecified atom stereocenters. The first-order valence-corrected chi connectivity index (χ1v) is 10.6. The number of hydrogen-bond acceptors (Lipinski definition) is 11. The average molecular weight is 475 g/mol. The minimum atomic E-state index is -3.06. The zero-order valence-corrected chi connectivity index (χ0v) is 18.6. The minimum Gasteiger partial charge on any atom is -0.506 e. The van der Waals surface area contributed by atoms with Crippen LogP contribution in [0.3, 0.4) is 0 Å². The number of phenolic OH excluding ortho intramolecular Hbond substituents is 2. The Morgan fingerprint density at radius 2 is 1.71 bits per heavy atom. The van der Waals surface area contributed by atoms with Crippen molar-refractivity contribution in [2.24, 2.45) is 29.4 Å². The van der Waals surface area contributed by atoms with Crippen LogP contribution in [0.4, 0.5) is 5.69 Å². The Bertz CT molecular complexity index is 1180. The highest BCUT2D eigenvalue weighted by molar-refractivity contribution is 6.32. The average Bonchev–Trinajstić information content (AvgIpc) is 2.74. The summed E-state index contributed by atoms with van der Waals surface area (Å²) in [7, 11) is 2.81. The number of anilines is 1. The summed E-state index contributed by atoms with van der Waals surface area (Å²) in [6.07, 6.45) is -1.74. The molecule has 182 valence electrons. The van der Waals surface area contributed by atoms with E-state index in [1.165, 1.54) is 25.9 Å². The lowest BCUT2D eigenvalue weighted by Gasteiger charge is -2.56. The molecule has 1 aromatic carbocycles. The molecule has 8 atom stereocenters. The Hall–Kier alpha value is -3.35. The maximum Gasteiger partial charge on any atom is 0.235 e. The number of carbonyl (C=O) groups is 5. The topological polar surface area (TPSA) is 222 Å². The molecule has 1 aromatic rings. The Morgan fingerprint density at radius 3 is 2.24 bits per heavy atom. The number of aliphatic hydroxyl groups is 2. The number of carbonyl (C=O) groups excluding carboxylic acids is 5. The number of phenols is 2. The largest absolute Gasteiger partial charge is 0.506 e. The van der Waals surface area contributed by atoms with Crippen molar-refractivity contribution in [3.8, 4) is 11.5 Å². The van der Waals surface area contributed by atoms with Gasteiger partial charge in [-0.25, -0.2) is 0 Å². The predicted octanol–water partition coefficient (Wildman–Crippen LogP) is -2.31. The molecule has 0 saturated heterocycles. The van der Waals surface area contributed by atoms with Gasteiger partial charge in [-0.1, -0.05) is 6.92 Å². The molecule has 34 heavy (non-hydrogen) atoms. The summed E-state index contributed by atoms with van der Waals surface area (Å²) < 4.78 is 0. The molecule has 2 saturated carbocycles. The number of nitrogen functional groups attached to an aromatic ring is 1. The highest BCUT2D eigenvalue weighted by Crippen LogP contribution is 2.55. The van der Waals surface area contributed by atoms with E-state index in [9.17, 15) is 44.4 Å². The molecule has 0 bridgehead atoms. The van der Waals surface area contributed by atoms with Crippen molar-refractivity contribution in [1.82, 2.24) is 4.90 Å². The minimum absolute atomic E-state index is 0.109. The van der Waals surface area contributed by atoms with Gasteiger partial charge in [-0.3, -0.25) is 28.9 Å². The number of nitrogens with zero attached hydrogens (tertiary/aromatic N) is 1. The normalized spacial score (nSPS) is 37.3. The summed E-state index contributed by atoms with van der Waals surface area (Å²) in [6, 6.07) is -0.303. The number of ketones is 4. The van der Waals surface area contributed by atoms with Gasteiger partial charge in [0.05, 0.1) is 29.5 Å². The number of hydrogen-bond donors (Lipinski definition) is 6. The summed E-state index contributed by atoms with van der Waals surface area (Å²) in [5.74, 6) is -15.1. The number of likely N-dealkylation sites (N-methyl/N-ethyl adjacent to an activating group) is 1. The summed E-state index contributed by atoms with van der Waals surface area (Å²) in [5, 5.41) is 43.4. The third-order valence-corrected chi connectivity index (χ3v) is 7.63. The van der Waals surface area contributed by atoms with Gasteiger partial charge in [0, 0.05) is 5.92 Å². The maximum atomic E-state index is 13.7. The molecule has 3 aliphatic rings. The van der Waals surface area contributed by atoms with Gasteiger partial charge in [-0.15, -0.1) is 0 Å². The van der Waals surface area contributed by atoms with E-state index < -0.39 is 93.6 Å². The lowest BCUT2D eigenvalue weighted by molar-refractivity contribution is -0.196. The monoisotopic (exact) mass is 475 g/mol. The smallest absolute Gasteiger partial charge is 0.235 e. The van der Waals surface area contributed by atoms with E-state index in [1.54, 1.807) is 0 Å². The first kappa shape index (κ1) is 23.8. The Morgan fingerprint density at radius 1 is 1.12 bits per heavy atom. The number of Topliss-reactive ketones (excluding diaryl/α,β-unsaturated/α-hetero) is 4. The highest BCUT2D eigenvalue weighted by Gasteiger charge is 2.72. The van der Waals surface area contributed by atoms with Crippen LogP contribution < -0.4 is 11.5 Å². The predicted molar refractivity (Wildman–Crippen MR) is 114 cm³/mol.